The zero-order chi connectivity index (χ0) is 13.8. The highest BCUT2D eigenvalue weighted by atomic mass is 35.5. The largest absolute Gasteiger partial charge is 0.458 e. The third-order valence-electron chi connectivity index (χ3n) is 2.90. The summed E-state index contributed by atoms with van der Waals surface area (Å²) in [4.78, 5) is 20.2. The molecule has 0 spiro atoms. The maximum atomic E-state index is 11.9. The smallest absolute Gasteiger partial charge is 0.358 e. The first-order valence-corrected chi connectivity index (χ1v) is 6.77. The van der Waals surface area contributed by atoms with E-state index < -0.39 is 5.97 Å². The van der Waals surface area contributed by atoms with Crippen molar-refractivity contribution in [2.24, 2.45) is 0 Å². The van der Waals surface area contributed by atoms with Gasteiger partial charge in [-0.2, -0.15) is 0 Å². The van der Waals surface area contributed by atoms with E-state index >= 15 is 0 Å². The predicted molar refractivity (Wildman–Crippen MR) is 70.4 cm³/mol. The Bertz CT molecular complexity index is 459. The molecule has 1 aliphatic rings. The van der Waals surface area contributed by atoms with E-state index in [4.69, 9.17) is 21.1 Å². The molecule has 0 aliphatic carbocycles. The lowest BCUT2D eigenvalue weighted by Gasteiger charge is -2.11. The molecule has 1 fully saturated rings. The molecule has 1 saturated heterocycles. The molecule has 0 amide bonds. The summed E-state index contributed by atoms with van der Waals surface area (Å²) in [7, 11) is 0. The topological polar surface area (TPSA) is 61.3 Å². The average Bonchev–Trinajstić information content (AvgIpc) is 2.89. The molecule has 6 heteroatoms. The predicted octanol–water partition coefficient (Wildman–Crippen LogP) is 2.59. The molecule has 0 bridgehead atoms. The molecule has 1 aliphatic heterocycles. The molecule has 0 aromatic carbocycles. The van der Waals surface area contributed by atoms with Gasteiger partial charge in [0.1, 0.15) is 12.4 Å². The van der Waals surface area contributed by atoms with Gasteiger partial charge in [-0.3, -0.25) is 0 Å². The van der Waals surface area contributed by atoms with Crippen LogP contribution < -0.4 is 0 Å². The molecule has 2 heterocycles. The van der Waals surface area contributed by atoms with Crippen LogP contribution in [0.2, 0.25) is 5.02 Å². The number of carbonyl (C=O) groups is 1. The van der Waals surface area contributed by atoms with Gasteiger partial charge in [0.25, 0.3) is 0 Å². The van der Waals surface area contributed by atoms with E-state index in [1.54, 1.807) is 0 Å². The summed E-state index contributed by atoms with van der Waals surface area (Å²) in [5.41, 5.74) is 0.123. The quantitative estimate of drug-likeness (QED) is 0.795. The van der Waals surface area contributed by atoms with Crippen molar-refractivity contribution in [2.75, 3.05) is 13.2 Å². The van der Waals surface area contributed by atoms with Crippen molar-refractivity contribution in [1.82, 2.24) is 9.97 Å². The molecular formula is C13H17ClN2O3. The summed E-state index contributed by atoms with van der Waals surface area (Å²) in [6.45, 7) is 4.87. The fourth-order valence-corrected chi connectivity index (χ4v) is 1.98. The molecule has 1 aromatic rings. The molecule has 1 aromatic heterocycles. The van der Waals surface area contributed by atoms with E-state index in [1.165, 1.54) is 6.20 Å². The molecule has 19 heavy (non-hydrogen) atoms. The molecule has 5 nitrogen and oxygen atoms in total. The number of hydrogen-bond acceptors (Lipinski definition) is 5. The van der Waals surface area contributed by atoms with Crippen LogP contribution in [0.5, 0.6) is 0 Å². The van der Waals surface area contributed by atoms with Crippen molar-refractivity contribution in [3.8, 4) is 0 Å². The summed E-state index contributed by atoms with van der Waals surface area (Å²) in [6, 6.07) is 0. The third kappa shape index (κ3) is 3.64. The second-order valence-corrected chi connectivity index (χ2v) is 5.22. The van der Waals surface area contributed by atoms with Crippen LogP contribution in [0.3, 0.4) is 0 Å². The number of ether oxygens (including phenoxy) is 2. The number of nitrogens with zero attached hydrogens (tertiary/aromatic N) is 2. The fourth-order valence-electron chi connectivity index (χ4n) is 1.81. The van der Waals surface area contributed by atoms with E-state index in [0.29, 0.717) is 5.82 Å². The van der Waals surface area contributed by atoms with Crippen molar-refractivity contribution in [3.05, 3.63) is 22.7 Å². The molecule has 0 N–H and O–H groups in total. The summed E-state index contributed by atoms with van der Waals surface area (Å²) in [5, 5.41) is 0.210. The number of hydrogen-bond donors (Lipinski definition) is 0. The minimum atomic E-state index is -0.523. The van der Waals surface area contributed by atoms with Crippen molar-refractivity contribution in [2.45, 2.75) is 38.7 Å². The number of aromatic nitrogens is 2. The summed E-state index contributed by atoms with van der Waals surface area (Å²) in [5.74, 6) is 0.181. The van der Waals surface area contributed by atoms with Gasteiger partial charge in [0.05, 0.1) is 17.3 Å². The SMILES string of the molecule is CC(C)c1ncc(Cl)c(C(=O)OCC2CCCO2)n1. The molecule has 0 radical (unpaired) electrons. The monoisotopic (exact) mass is 284 g/mol. The van der Waals surface area contributed by atoms with Crippen LogP contribution in [0.1, 0.15) is 48.9 Å². The van der Waals surface area contributed by atoms with Gasteiger partial charge in [0, 0.05) is 12.5 Å². The number of carbonyl (C=O) groups excluding carboxylic acids is 1. The Labute approximate surface area is 117 Å². The number of rotatable bonds is 4. The Balaban J connectivity index is 2.02. The Hall–Kier alpha value is -1.20. The Kier molecular flexibility index (Phi) is 4.71. The minimum Gasteiger partial charge on any atom is -0.458 e. The van der Waals surface area contributed by atoms with Gasteiger partial charge in [-0.25, -0.2) is 14.8 Å². The van der Waals surface area contributed by atoms with E-state index in [-0.39, 0.29) is 29.3 Å². The zero-order valence-electron chi connectivity index (χ0n) is 11.1. The van der Waals surface area contributed by atoms with Crippen molar-refractivity contribution < 1.29 is 14.3 Å². The van der Waals surface area contributed by atoms with Crippen LogP contribution in [0.25, 0.3) is 0 Å². The number of esters is 1. The Morgan fingerprint density at radius 1 is 1.63 bits per heavy atom. The first-order chi connectivity index (χ1) is 9.08. The highest BCUT2D eigenvalue weighted by Crippen LogP contribution is 2.18. The van der Waals surface area contributed by atoms with Crippen molar-refractivity contribution >= 4 is 17.6 Å². The van der Waals surface area contributed by atoms with Crippen LogP contribution in [0, 0.1) is 0 Å². The molecule has 104 valence electrons. The maximum Gasteiger partial charge on any atom is 0.358 e. The molecule has 1 unspecified atom stereocenters. The zero-order valence-corrected chi connectivity index (χ0v) is 11.8. The lowest BCUT2D eigenvalue weighted by Crippen LogP contribution is -2.19. The third-order valence-corrected chi connectivity index (χ3v) is 3.17. The first kappa shape index (κ1) is 14.2. The molecule has 0 saturated carbocycles. The van der Waals surface area contributed by atoms with Crippen LogP contribution >= 0.6 is 11.6 Å². The van der Waals surface area contributed by atoms with Crippen molar-refractivity contribution in [3.63, 3.8) is 0 Å². The first-order valence-electron chi connectivity index (χ1n) is 6.39. The van der Waals surface area contributed by atoms with Gasteiger partial charge in [-0.1, -0.05) is 25.4 Å². The second kappa shape index (κ2) is 6.30. The van der Waals surface area contributed by atoms with Gasteiger partial charge in [0.2, 0.25) is 0 Å². The highest BCUT2D eigenvalue weighted by Gasteiger charge is 2.21. The number of halogens is 1. The average molecular weight is 285 g/mol. The van der Waals surface area contributed by atoms with Crippen LogP contribution in [0.15, 0.2) is 6.20 Å². The van der Waals surface area contributed by atoms with E-state index in [0.717, 1.165) is 19.4 Å². The molecular weight excluding hydrogens is 268 g/mol. The fraction of sp³-hybridized carbons (Fsp3) is 0.615. The van der Waals surface area contributed by atoms with Crippen LogP contribution in [-0.4, -0.2) is 35.3 Å². The lowest BCUT2D eigenvalue weighted by molar-refractivity contribution is 0.0156. The van der Waals surface area contributed by atoms with Gasteiger partial charge in [-0.15, -0.1) is 0 Å². The van der Waals surface area contributed by atoms with E-state index in [2.05, 4.69) is 9.97 Å². The minimum absolute atomic E-state index is 0.00543. The summed E-state index contributed by atoms with van der Waals surface area (Å²) >= 11 is 5.93. The van der Waals surface area contributed by atoms with Gasteiger partial charge < -0.3 is 9.47 Å². The normalized spacial score (nSPS) is 18.8. The second-order valence-electron chi connectivity index (χ2n) is 4.81. The van der Waals surface area contributed by atoms with Gasteiger partial charge in [-0.05, 0) is 12.8 Å². The van der Waals surface area contributed by atoms with Gasteiger partial charge >= 0.3 is 5.97 Å². The van der Waals surface area contributed by atoms with E-state index in [1.807, 2.05) is 13.8 Å². The van der Waals surface area contributed by atoms with Crippen LogP contribution in [0.4, 0.5) is 0 Å². The standard InChI is InChI=1S/C13H17ClN2O3/c1-8(2)12-15-6-10(14)11(16-12)13(17)19-7-9-4-3-5-18-9/h6,8-9H,3-5,7H2,1-2H3. The van der Waals surface area contributed by atoms with E-state index in [9.17, 15) is 4.79 Å². The molecule has 2 rings (SSSR count). The molecule has 1 atom stereocenters. The summed E-state index contributed by atoms with van der Waals surface area (Å²) < 4.78 is 10.6. The Morgan fingerprint density at radius 3 is 3.05 bits per heavy atom. The van der Waals surface area contributed by atoms with Gasteiger partial charge in [0.15, 0.2) is 5.69 Å². The van der Waals surface area contributed by atoms with Crippen LogP contribution in [-0.2, 0) is 9.47 Å². The lowest BCUT2D eigenvalue weighted by atomic mass is 10.2. The highest BCUT2D eigenvalue weighted by molar-refractivity contribution is 6.33. The Morgan fingerprint density at radius 2 is 2.42 bits per heavy atom. The summed E-state index contributed by atoms with van der Waals surface area (Å²) in [6.07, 6.45) is 3.36. The van der Waals surface area contributed by atoms with Crippen molar-refractivity contribution in [1.29, 1.82) is 0 Å². The maximum absolute atomic E-state index is 11.9.